The summed E-state index contributed by atoms with van der Waals surface area (Å²) in [6.45, 7) is 7.18. The molecule has 0 radical (unpaired) electrons. The fourth-order valence-electron chi connectivity index (χ4n) is 3.45. The van der Waals surface area contributed by atoms with Crippen molar-refractivity contribution in [1.29, 1.82) is 0 Å². The first-order chi connectivity index (χ1) is 13.1. The van der Waals surface area contributed by atoms with Gasteiger partial charge in [-0.25, -0.2) is 0 Å². The number of piperazine rings is 1. The van der Waals surface area contributed by atoms with Gasteiger partial charge in [-0.15, -0.1) is 0 Å². The van der Waals surface area contributed by atoms with Gasteiger partial charge in [0, 0.05) is 32.7 Å². The Morgan fingerprint density at radius 3 is 2.44 bits per heavy atom. The number of carbonyl (C=O) groups is 1. The number of amides is 1. The molecule has 1 atom stereocenters. The molecule has 5 heteroatoms. The van der Waals surface area contributed by atoms with E-state index in [0.29, 0.717) is 6.54 Å². The summed E-state index contributed by atoms with van der Waals surface area (Å²) in [7, 11) is 1.70. The van der Waals surface area contributed by atoms with Gasteiger partial charge in [0.25, 0.3) is 0 Å². The van der Waals surface area contributed by atoms with E-state index in [1.165, 1.54) is 5.56 Å². The maximum atomic E-state index is 12.4. The number of benzene rings is 2. The average molecular weight is 367 g/mol. The van der Waals surface area contributed by atoms with E-state index < -0.39 is 0 Å². The average Bonchev–Trinajstić information content (AvgIpc) is 2.70. The molecule has 1 fully saturated rings. The normalized spacial score (nSPS) is 16.7. The number of hydrogen-bond donors (Lipinski definition) is 1. The molecule has 1 heterocycles. The fourth-order valence-corrected chi connectivity index (χ4v) is 3.45. The molecule has 1 N–H and O–H groups in total. The molecule has 0 aliphatic carbocycles. The Morgan fingerprint density at radius 2 is 1.74 bits per heavy atom. The Hall–Kier alpha value is -2.37. The van der Waals surface area contributed by atoms with Crippen LogP contribution in [-0.2, 0) is 11.3 Å². The highest BCUT2D eigenvalue weighted by molar-refractivity contribution is 5.78. The molecule has 1 aliphatic rings. The van der Waals surface area contributed by atoms with Crippen LogP contribution in [0.2, 0.25) is 0 Å². The number of rotatable bonds is 7. The van der Waals surface area contributed by atoms with Crippen molar-refractivity contribution in [3.63, 3.8) is 0 Å². The SMILES string of the molecule is COc1cccc(CN2CCN(CC(=O)N[C@H](C)c3ccccc3)CC2)c1. The van der Waals surface area contributed by atoms with Crippen molar-refractivity contribution in [2.24, 2.45) is 0 Å². The molecule has 0 unspecified atom stereocenters. The van der Waals surface area contributed by atoms with Crippen molar-refractivity contribution in [2.45, 2.75) is 19.5 Å². The van der Waals surface area contributed by atoms with Crippen LogP contribution in [0.15, 0.2) is 54.6 Å². The third-order valence-electron chi connectivity index (χ3n) is 5.05. The highest BCUT2D eigenvalue weighted by Gasteiger charge is 2.20. The minimum atomic E-state index is 0.0352. The van der Waals surface area contributed by atoms with Crippen molar-refractivity contribution in [3.8, 4) is 5.75 Å². The molecular formula is C22H29N3O2. The van der Waals surface area contributed by atoms with Crippen LogP contribution in [0.5, 0.6) is 5.75 Å². The van der Waals surface area contributed by atoms with Gasteiger partial charge in [0.05, 0.1) is 19.7 Å². The van der Waals surface area contributed by atoms with Gasteiger partial charge >= 0.3 is 0 Å². The van der Waals surface area contributed by atoms with Crippen molar-refractivity contribution in [1.82, 2.24) is 15.1 Å². The quantitative estimate of drug-likeness (QED) is 0.817. The van der Waals surface area contributed by atoms with Gasteiger partial charge < -0.3 is 10.1 Å². The maximum Gasteiger partial charge on any atom is 0.234 e. The summed E-state index contributed by atoms with van der Waals surface area (Å²) in [5.74, 6) is 0.989. The Labute approximate surface area is 161 Å². The molecule has 0 spiro atoms. The lowest BCUT2D eigenvalue weighted by Crippen LogP contribution is -2.49. The number of ether oxygens (including phenoxy) is 1. The lowest BCUT2D eigenvalue weighted by atomic mass is 10.1. The van der Waals surface area contributed by atoms with Crippen LogP contribution < -0.4 is 10.1 Å². The van der Waals surface area contributed by atoms with Crippen molar-refractivity contribution in [2.75, 3.05) is 39.8 Å². The summed E-state index contributed by atoms with van der Waals surface area (Å²) in [5.41, 5.74) is 2.39. The van der Waals surface area contributed by atoms with E-state index in [-0.39, 0.29) is 11.9 Å². The molecular weight excluding hydrogens is 338 g/mol. The first-order valence-electron chi connectivity index (χ1n) is 9.56. The molecule has 2 aromatic carbocycles. The van der Waals surface area contributed by atoms with Crippen LogP contribution in [0.1, 0.15) is 24.1 Å². The molecule has 144 valence electrons. The molecule has 1 aliphatic heterocycles. The first kappa shape index (κ1) is 19.4. The van der Waals surface area contributed by atoms with Gasteiger partial charge in [-0.1, -0.05) is 42.5 Å². The van der Waals surface area contributed by atoms with Gasteiger partial charge in [0.1, 0.15) is 5.75 Å². The smallest absolute Gasteiger partial charge is 0.234 e. The number of methoxy groups -OCH3 is 1. The van der Waals surface area contributed by atoms with Gasteiger partial charge in [0.15, 0.2) is 0 Å². The van der Waals surface area contributed by atoms with Crippen LogP contribution >= 0.6 is 0 Å². The molecule has 0 bridgehead atoms. The van der Waals surface area contributed by atoms with Gasteiger partial charge in [-0.05, 0) is 30.2 Å². The van der Waals surface area contributed by atoms with E-state index in [9.17, 15) is 4.79 Å². The second-order valence-electron chi connectivity index (χ2n) is 7.10. The molecule has 27 heavy (non-hydrogen) atoms. The van der Waals surface area contributed by atoms with Crippen LogP contribution in [-0.4, -0.2) is 55.5 Å². The van der Waals surface area contributed by atoms with Gasteiger partial charge in [0.2, 0.25) is 5.91 Å². The van der Waals surface area contributed by atoms with Gasteiger partial charge in [-0.3, -0.25) is 14.6 Å². The van der Waals surface area contributed by atoms with E-state index >= 15 is 0 Å². The second kappa shape index (κ2) is 9.53. The summed E-state index contributed by atoms with van der Waals surface area (Å²) in [6, 6.07) is 18.3. The molecule has 2 aromatic rings. The van der Waals surface area contributed by atoms with Crippen molar-refractivity contribution in [3.05, 3.63) is 65.7 Å². The van der Waals surface area contributed by atoms with E-state index in [2.05, 4.69) is 27.2 Å². The van der Waals surface area contributed by atoms with Crippen LogP contribution in [0.3, 0.4) is 0 Å². The maximum absolute atomic E-state index is 12.4. The number of hydrogen-bond acceptors (Lipinski definition) is 4. The Balaban J connectivity index is 1.41. The predicted molar refractivity (Wildman–Crippen MR) is 108 cm³/mol. The lowest BCUT2D eigenvalue weighted by molar-refractivity contribution is -0.123. The second-order valence-corrected chi connectivity index (χ2v) is 7.10. The Morgan fingerprint density at radius 1 is 1.04 bits per heavy atom. The van der Waals surface area contributed by atoms with Gasteiger partial charge in [-0.2, -0.15) is 0 Å². The largest absolute Gasteiger partial charge is 0.497 e. The Kier molecular flexibility index (Phi) is 6.85. The topological polar surface area (TPSA) is 44.8 Å². The van der Waals surface area contributed by atoms with E-state index in [1.54, 1.807) is 7.11 Å². The van der Waals surface area contributed by atoms with E-state index in [0.717, 1.165) is 44.0 Å². The lowest BCUT2D eigenvalue weighted by Gasteiger charge is -2.34. The predicted octanol–water partition coefficient (Wildman–Crippen LogP) is 2.69. The summed E-state index contributed by atoms with van der Waals surface area (Å²) < 4.78 is 5.30. The highest BCUT2D eigenvalue weighted by atomic mass is 16.5. The fraction of sp³-hybridized carbons (Fsp3) is 0.409. The summed E-state index contributed by atoms with van der Waals surface area (Å²) in [4.78, 5) is 17.0. The zero-order valence-corrected chi connectivity index (χ0v) is 16.2. The minimum Gasteiger partial charge on any atom is -0.497 e. The molecule has 0 aromatic heterocycles. The number of nitrogens with one attached hydrogen (secondary N) is 1. The zero-order valence-electron chi connectivity index (χ0n) is 16.2. The third-order valence-corrected chi connectivity index (χ3v) is 5.05. The third kappa shape index (κ3) is 5.81. The van der Waals surface area contributed by atoms with Crippen molar-refractivity contribution >= 4 is 5.91 Å². The van der Waals surface area contributed by atoms with Crippen LogP contribution in [0.4, 0.5) is 0 Å². The molecule has 1 amide bonds. The zero-order chi connectivity index (χ0) is 19.1. The van der Waals surface area contributed by atoms with E-state index in [1.807, 2.05) is 49.4 Å². The summed E-state index contributed by atoms with van der Waals surface area (Å²) in [5, 5.41) is 3.10. The summed E-state index contributed by atoms with van der Waals surface area (Å²) >= 11 is 0. The van der Waals surface area contributed by atoms with Crippen LogP contribution in [0.25, 0.3) is 0 Å². The standard InChI is InChI=1S/C22H29N3O2/c1-18(20-8-4-3-5-9-20)23-22(26)17-25-13-11-24(12-14-25)16-19-7-6-10-21(15-19)27-2/h3-10,15,18H,11-14,16-17H2,1-2H3,(H,23,26)/t18-/m1/s1. The monoisotopic (exact) mass is 367 g/mol. The minimum absolute atomic E-state index is 0.0352. The first-order valence-corrected chi connectivity index (χ1v) is 9.56. The summed E-state index contributed by atoms with van der Waals surface area (Å²) in [6.07, 6.45) is 0. The molecule has 0 saturated carbocycles. The molecule has 1 saturated heterocycles. The van der Waals surface area contributed by atoms with Crippen LogP contribution in [0, 0.1) is 0 Å². The Bertz CT molecular complexity index is 727. The molecule has 3 rings (SSSR count). The number of carbonyl (C=O) groups excluding carboxylic acids is 1. The van der Waals surface area contributed by atoms with Crippen molar-refractivity contribution < 1.29 is 9.53 Å². The number of nitrogens with zero attached hydrogens (tertiary/aromatic N) is 2. The molecule has 5 nitrogen and oxygen atoms in total. The van der Waals surface area contributed by atoms with E-state index in [4.69, 9.17) is 4.74 Å². The highest BCUT2D eigenvalue weighted by Crippen LogP contribution is 2.15.